The van der Waals surface area contributed by atoms with Crippen LogP contribution in [0.3, 0.4) is 0 Å². The zero-order chi connectivity index (χ0) is 13.7. The molecule has 1 heterocycles. The second kappa shape index (κ2) is 6.63. The number of hydrogen-bond acceptors (Lipinski definition) is 4. The van der Waals surface area contributed by atoms with Crippen molar-refractivity contribution in [2.45, 2.75) is 38.3 Å². The van der Waals surface area contributed by atoms with E-state index in [1.165, 1.54) is 6.42 Å². The molecule has 2 unspecified atom stereocenters. The number of nitro benzene ring substituents is 1. The smallest absolute Gasteiger partial charge is 0.274 e. The highest BCUT2D eigenvalue weighted by atomic mass is 16.6. The third-order valence-electron chi connectivity index (χ3n) is 3.53. The zero-order valence-corrected chi connectivity index (χ0v) is 11.2. The Morgan fingerprint density at radius 3 is 2.95 bits per heavy atom. The highest BCUT2D eigenvalue weighted by molar-refractivity contribution is 5.41. The number of nitrogens with zero attached hydrogens (tertiary/aromatic N) is 1. The number of rotatable bonds is 5. The summed E-state index contributed by atoms with van der Waals surface area (Å²) in [6, 6.07) is 6.82. The lowest BCUT2D eigenvalue weighted by Crippen LogP contribution is -2.33. The van der Waals surface area contributed by atoms with Crippen LogP contribution in [0.15, 0.2) is 24.3 Å². The summed E-state index contributed by atoms with van der Waals surface area (Å²) in [5, 5.41) is 14.3. The number of benzene rings is 1. The van der Waals surface area contributed by atoms with Gasteiger partial charge in [0.1, 0.15) is 0 Å². The molecule has 1 aliphatic heterocycles. The van der Waals surface area contributed by atoms with Crippen LogP contribution in [0.1, 0.15) is 37.8 Å². The molecule has 0 amide bonds. The van der Waals surface area contributed by atoms with Crippen molar-refractivity contribution >= 4 is 5.69 Å². The molecule has 1 aromatic rings. The molecular formula is C14H20N2O3. The molecule has 1 saturated heterocycles. The summed E-state index contributed by atoms with van der Waals surface area (Å²) in [6.07, 6.45) is 3.64. The molecule has 0 aliphatic carbocycles. The molecule has 5 nitrogen and oxygen atoms in total. The summed E-state index contributed by atoms with van der Waals surface area (Å²) in [4.78, 5) is 10.7. The van der Waals surface area contributed by atoms with Gasteiger partial charge in [-0.25, -0.2) is 0 Å². The van der Waals surface area contributed by atoms with E-state index in [-0.39, 0.29) is 22.8 Å². The number of para-hydroxylation sites is 1. The Kier molecular flexibility index (Phi) is 4.87. The summed E-state index contributed by atoms with van der Waals surface area (Å²) in [7, 11) is 0. The Labute approximate surface area is 113 Å². The van der Waals surface area contributed by atoms with Gasteiger partial charge in [0.15, 0.2) is 0 Å². The highest BCUT2D eigenvalue weighted by Gasteiger charge is 2.20. The topological polar surface area (TPSA) is 64.4 Å². The average molecular weight is 264 g/mol. The van der Waals surface area contributed by atoms with Crippen molar-refractivity contribution < 1.29 is 9.66 Å². The number of nitro groups is 1. The average Bonchev–Trinajstić information content (AvgIpc) is 2.46. The first-order valence-electron chi connectivity index (χ1n) is 6.77. The third-order valence-corrected chi connectivity index (χ3v) is 3.53. The maximum Gasteiger partial charge on any atom is 0.274 e. The second-order valence-electron chi connectivity index (χ2n) is 4.93. The van der Waals surface area contributed by atoms with Gasteiger partial charge in [-0.3, -0.25) is 10.1 Å². The van der Waals surface area contributed by atoms with E-state index in [0.717, 1.165) is 31.6 Å². The number of hydrogen-bond donors (Lipinski definition) is 1. The summed E-state index contributed by atoms with van der Waals surface area (Å²) in [5.74, 6) is 0. The van der Waals surface area contributed by atoms with E-state index in [1.54, 1.807) is 18.2 Å². The maximum atomic E-state index is 11.0. The van der Waals surface area contributed by atoms with E-state index in [4.69, 9.17) is 4.74 Å². The quantitative estimate of drug-likeness (QED) is 0.656. The lowest BCUT2D eigenvalue weighted by atomic mass is 10.0. The van der Waals surface area contributed by atoms with Crippen LogP contribution in [0.5, 0.6) is 0 Å². The minimum atomic E-state index is -0.329. The summed E-state index contributed by atoms with van der Waals surface area (Å²) < 4.78 is 5.65. The van der Waals surface area contributed by atoms with Crippen molar-refractivity contribution in [1.82, 2.24) is 5.32 Å². The van der Waals surface area contributed by atoms with Gasteiger partial charge in [0.25, 0.3) is 5.69 Å². The Morgan fingerprint density at radius 1 is 1.47 bits per heavy atom. The molecule has 2 atom stereocenters. The first-order chi connectivity index (χ1) is 9.18. The molecule has 1 aromatic carbocycles. The van der Waals surface area contributed by atoms with Gasteiger partial charge in [0, 0.05) is 30.8 Å². The molecule has 0 saturated carbocycles. The van der Waals surface area contributed by atoms with Crippen molar-refractivity contribution in [3.05, 3.63) is 39.9 Å². The highest BCUT2D eigenvalue weighted by Crippen LogP contribution is 2.24. The van der Waals surface area contributed by atoms with E-state index in [2.05, 4.69) is 5.32 Å². The lowest BCUT2D eigenvalue weighted by Gasteiger charge is -2.24. The van der Waals surface area contributed by atoms with Gasteiger partial charge < -0.3 is 10.1 Å². The number of ether oxygens (including phenoxy) is 1. The van der Waals surface area contributed by atoms with Gasteiger partial charge in [-0.2, -0.15) is 0 Å². The van der Waals surface area contributed by atoms with Gasteiger partial charge >= 0.3 is 0 Å². The van der Waals surface area contributed by atoms with E-state index in [9.17, 15) is 10.1 Å². The largest absolute Gasteiger partial charge is 0.377 e. The Bertz CT molecular complexity index is 430. The molecule has 0 radical (unpaired) electrons. The Balaban J connectivity index is 1.95. The van der Waals surface area contributed by atoms with Crippen LogP contribution in [0, 0.1) is 10.1 Å². The van der Waals surface area contributed by atoms with E-state index >= 15 is 0 Å². The molecule has 2 rings (SSSR count). The van der Waals surface area contributed by atoms with Crippen LogP contribution < -0.4 is 5.32 Å². The van der Waals surface area contributed by atoms with Gasteiger partial charge in [-0.15, -0.1) is 0 Å². The SMILES string of the molecule is CC(NCC1CCCCO1)c1ccccc1[N+](=O)[O-]. The second-order valence-corrected chi connectivity index (χ2v) is 4.93. The third kappa shape index (κ3) is 3.75. The van der Waals surface area contributed by atoms with Gasteiger partial charge in [0.2, 0.25) is 0 Å². The minimum Gasteiger partial charge on any atom is -0.377 e. The summed E-state index contributed by atoms with van der Waals surface area (Å²) in [6.45, 7) is 3.52. The minimum absolute atomic E-state index is 0.0490. The lowest BCUT2D eigenvalue weighted by molar-refractivity contribution is -0.385. The molecule has 19 heavy (non-hydrogen) atoms. The molecule has 5 heteroatoms. The van der Waals surface area contributed by atoms with Crippen LogP contribution in [0.4, 0.5) is 5.69 Å². The normalized spacial score (nSPS) is 21.0. The Hall–Kier alpha value is -1.46. The molecular weight excluding hydrogens is 244 g/mol. The van der Waals surface area contributed by atoms with Crippen LogP contribution >= 0.6 is 0 Å². The van der Waals surface area contributed by atoms with E-state index < -0.39 is 0 Å². The fraction of sp³-hybridized carbons (Fsp3) is 0.571. The van der Waals surface area contributed by atoms with Gasteiger partial charge in [-0.1, -0.05) is 18.2 Å². The van der Waals surface area contributed by atoms with E-state index in [0.29, 0.717) is 0 Å². The van der Waals surface area contributed by atoms with E-state index in [1.807, 2.05) is 13.0 Å². The van der Waals surface area contributed by atoms with Crippen molar-refractivity contribution in [3.8, 4) is 0 Å². The molecule has 104 valence electrons. The van der Waals surface area contributed by atoms with Crippen LogP contribution in [0.2, 0.25) is 0 Å². The van der Waals surface area contributed by atoms with Crippen molar-refractivity contribution in [2.24, 2.45) is 0 Å². The molecule has 0 bridgehead atoms. The van der Waals surface area contributed by atoms with Crippen molar-refractivity contribution in [3.63, 3.8) is 0 Å². The fourth-order valence-corrected chi connectivity index (χ4v) is 2.41. The van der Waals surface area contributed by atoms with Crippen LogP contribution in [0.25, 0.3) is 0 Å². The fourth-order valence-electron chi connectivity index (χ4n) is 2.41. The van der Waals surface area contributed by atoms with Crippen molar-refractivity contribution in [1.29, 1.82) is 0 Å². The predicted molar refractivity (Wildman–Crippen MR) is 73.1 cm³/mol. The zero-order valence-electron chi connectivity index (χ0n) is 11.2. The van der Waals surface area contributed by atoms with Crippen LogP contribution in [-0.2, 0) is 4.74 Å². The standard InChI is InChI=1S/C14H20N2O3/c1-11(15-10-12-6-4-5-9-19-12)13-7-2-3-8-14(13)16(17)18/h2-3,7-8,11-12,15H,4-6,9-10H2,1H3. The summed E-state index contributed by atoms with van der Waals surface area (Å²) >= 11 is 0. The van der Waals surface area contributed by atoms with Crippen molar-refractivity contribution in [2.75, 3.05) is 13.2 Å². The maximum absolute atomic E-state index is 11.0. The molecule has 0 aromatic heterocycles. The first kappa shape index (κ1) is 14.0. The molecule has 1 fully saturated rings. The molecule has 0 spiro atoms. The summed E-state index contributed by atoms with van der Waals surface area (Å²) in [5.41, 5.74) is 0.898. The monoisotopic (exact) mass is 264 g/mol. The van der Waals surface area contributed by atoms with Gasteiger partial charge in [-0.05, 0) is 26.2 Å². The van der Waals surface area contributed by atoms with Crippen LogP contribution in [-0.4, -0.2) is 24.2 Å². The van der Waals surface area contributed by atoms with Gasteiger partial charge in [0.05, 0.1) is 11.0 Å². The molecule has 1 aliphatic rings. The Morgan fingerprint density at radius 2 is 2.26 bits per heavy atom. The predicted octanol–water partition coefficient (Wildman–Crippen LogP) is 2.81. The molecule has 1 N–H and O–H groups in total. The number of nitrogens with one attached hydrogen (secondary N) is 1. The first-order valence-corrected chi connectivity index (χ1v) is 6.77.